The zero-order valence-corrected chi connectivity index (χ0v) is 15.6. The Morgan fingerprint density at radius 3 is 2.26 bits per heavy atom. The maximum Gasteiger partial charge on any atom is 0.407 e. The molecule has 5 heteroatoms. The van der Waals surface area contributed by atoms with E-state index in [2.05, 4.69) is 29.6 Å². The van der Waals surface area contributed by atoms with Gasteiger partial charge in [0.05, 0.1) is 7.11 Å². The molecule has 0 spiro atoms. The van der Waals surface area contributed by atoms with Crippen LogP contribution >= 0.6 is 0 Å². The molecule has 0 aromatic heterocycles. The molecule has 5 nitrogen and oxygen atoms in total. The van der Waals surface area contributed by atoms with Gasteiger partial charge in [0.25, 0.3) is 0 Å². The summed E-state index contributed by atoms with van der Waals surface area (Å²) in [5.41, 5.74) is 4.57. The first-order chi connectivity index (χ1) is 13.5. The number of alkyl carbamates (subject to hydrolysis) is 1. The highest BCUT2D eigenvalue weighted by atomic mass is 16.6. The number of carbonyl (C=O) groups is 2. The molecule has 142 valence electrons. The maximum absolute atomic E-state index is 12.3. The fraction of sp³-hybridized carbons (Fsp3) is 0.364. The van der Waals surface area contributed by atoms with Gasteiger partial charge in [-0.15, -0.1) is 0 Å². The van der Waals surface area contributed by atoms with Crippen LogP contribution in [0.1, 0.15) is 38.7 Å². The average molecular weight is 368 g/mol. The van der Waals surface area contributed by atoms with Gasteiger partial charge in [-0.05, 0) is 34.6 Å². The molecule has 1 N–H and O–H groups in total. The molecule has 0 bridgehead atoms. The van der Waals surface area contributed by atoms with E-state index in [1.165, 1.54) is 7.11 Å². The summed E-state index contributed by atoms with van der Waals surface area (Å²) in [5.74, 6) is -0.617. The predicted octanol–water partition coefficient (Wildman–Crippen LogP) is 4.11. The Morgan fingerprint density at radius 1 is 1.11 bits per heavy atom. The van der Waals surface area contributed by atoms with Crippen LogP contribution in [0.15, 0.2) is 48.5 Å². The molecule has 0 fully saturated rings. The number of amides is 1. The standard InChI is InChI=1S/C22H25NO4/c1-14(2)12-20(21(24)26-3)23-22(25)27-13-19-17-10-6-4-8-15(17)16-9-5-7-11-18(16)19/h4-11,14,19-20H,12-13H2,1-3H3,(H,23,25)/i1D. The summed E-state index contributed by atoms with van der Waals surface area (Å²) in [5, 5.41) is 2.59. The van der Waals surface area contributed by atoms with Crippen LogP contribution in [0.4, 0.5) is 4.79 Å². The fourth-order valence-corrected chi connectivity index (χ4v) is 3.54. The van der Waals surface area contributed by atoms with Crippen molar-refractivity contribution in [3.8, 4) is 11.1 Å². The van der Waals surface area contributed by atoms with E-state index in [1.54, 1.807) is 0 Å². The van der Waals surface area contributed by atoms with Crippen LogP contribution in [0, 0.1) is 5.92 Å². The van der Waals surface area contributed by atoms with Crippen LogP contribution in [0.2, 0.25) is 0 Å². The Bertz CT molecular complexity index is 808. The van der Waals surface area contributed by atoms with E-state index in [1.807, 2.05) is 31.2 Å². The Labute approximate surface area is 161 Å². The van der Waals surface area contributed by atoms with E-state index in [0.717, 1.165) is 22.3 Å². The number of rotatable bonds is 6. The summed E-state index contributed by atoms with van der Waals surface area (Å²) < 4.78 is 17.7. The highest BCUT2D eigenvalue weighted by Gasteiger charge is 2.30. The molecular formula is C22H25NO4. The molecule has 2 aromatic carbocycles. The second-order valence-corrected chi connectivity index (χ2v) is 6.89. The molecule has 3 rings (SSSR count). The molecule has 0 saturated carbocycles. The van der Waals surface area contributed by atoms with Crippen molar-refractivity contribution in [2.45, 2.75) is 32.2 Å². The van der Waals surface area contributed by atoms with Crippen LogP contribution in [-0.2, 0) is 14.3 Å². The summed E-state index contributed by atoms with van der Waals surface area (Å²) in [4.78, 5) is 24.3. The van der Waals surface area contributed by atoms with Crippen molar-refractivity contribution in [2.24, 2.45) is 5.92 Å². The number of carbonyl (C=O) groups excluding carboxylic acids is 2. The summed E-state index contributed by atoms with van der Waals surface area (Å²) >= 11 is 0. The molecule has 0 heterocycles. The van der Waals surface area contributed by atoms with E-state index in [9.17, 15) is 9.59 Å². The van der Waals surface area contributed by atoms with Crippen molar-refractivity contribution in [3.05, 3.63) is 59.7 Å². The number of fused-ring (bicyclic) bond motifs is 3. The van der Waals surface area contributed by atoms with Crippen molar-refractivity contribution < 1.29 is 20.4 Å². The van der Waals surface area contributed by atoms with Crippen LogP contribution in [0.25, 0.3) is 11.1 Å². The molecule has 1 aliphatic carbocycles. The molecule has 1 amide bonds. The summed E-state index contributed by atoms with van der Waals surface area (Å²) in [6.45, 7) is 2.20. The third-order valence-electron chi connectivity index (χ3n) is 4.76. The van der Waals surface area contributed by atoms with Crippen LogP contribution < -0.4 is 5.32 Å². The molecule has 0 saturated heterocycles. The van der Waals surface area contributed by atoms with E-state index >= 15 is 0 Å². The number of esters is 1. The van der Waals surface area contributed by atoms with E-state index < -0.39 is 18.1 Å². The minimum absolute atomic E-state index is 0.0399. The number of nitrogens with one attached hydrogen (secondary N) is 1. The molecule has 0 aliphatic heterocycles. The van der Waals surface area contributed by atoms with E-state index in [4.69, 9.17) is 10.8 Å². The van der Waals surface area contributed by atoms with Crippen molar-refractivity contribution in [3.63, 3.8) is 0 Å². The van der Waals surface area contributed by atoms with E-state index in [0.29, 0.717) is 6.42 Å². The predicted molar refractivity (Wildman–Crippen MR) is 103 cm³/mol. The van der Waals surface area contributed by atoms with Gasteiger partial charge in [0.1, 0.15) is 12.6 Å². The smallest absolute Gasteiger partial charge is 0.407 e. The van der Waals surface area contributed by atoms with Gasteiger partial charge in [-0.2, -0.15) is 0 Å². The van der Waals surface area contributed by atoms with Gasteiger partial charge in [0.2, 0.25) is 0 Å². The molecule has 0 radical (unpaired) electrons. The molecule has 27 heavy (non-hydrogen) atoms. The zero-order chi connectivity index (χ0) is 20.1. The molecule has 2 aromatic rings. The van der Waals surface area contributed by atoms with Crippen molar-refractivity contribution in [1.82, 2.24) is 5.32 Å². The molecule has 1 aliphatic rings. The first-order valence-electron chi connectivity index (χ1n) is 9.74. The second kappa shape index (κ2) is 8.25. The number of methoxy groups -OCH3 is 1. The van der Waals surface area contributed by atoms with Crippen molar-refractivity contribution >= 4 is 12.1 Å². The van der Waals surface area contributed by atoms with Crippen LogP contribution in [-0.4, -0.2) is 31.8 Å². The average Bonchev–Trinajstić information content (AvgIpc) is 3.05. The minimum atomic E-state index is -0.819. The quantitative estimate of drug-likeness (QED) is 0.779. The van der Waals surface area contributed by atoms with Crippen molar-refractivity contribution in [2.75, 3.05) is 13.7 Å². The third kappa shape index (κ3) is 4.13. The van der Waals surface area contributed by atoms with Gasteiger partial charge in [-0.1, -0.05) is 62.4 Å². The summed E-state index contributed by atoms with van der Waals surface area (Å²) in [6.07, 6.45) is -0.324. The van der Waals surface area contributed by atoms with Crippen LogP contribution in [0.5, 0.6) is 0 Å². The van der Waals surface area contributed by atoms with Gasteiger partial charge < -0.3 is 14.8 Å². The lowest BCUT2D eigenvalue weighted by molar-refractivity contribution is -0.143. The van der Waals surface area contributed by atoms with Gasteiger partial charge in [0, 0.05) is 7.29 Å². The van der Waals surface area contributed by atoms with Crippen molar-refractivity contribution in [1.29, 1.82) is 0 Å². The SMILES string of the molecule is [2H]CC(C)CC(NC(=O)OCC1c2ccccc2-c2ccccc21)C(=O)OC. The Hall–Kier alpha value is -2.82. The Balaban J connectivity index is 1.68. The van der Waals surface area contributed by atoms with Crippen LogP contribution in [0.3, 0.4) is 0 Å². The van der Waals surface area contributed by atoms with Gasteiger partial charge in [0.15, 0.2) is 0 Å². The van der Waals surface area contributed by atoms with E-state index in [-0.39, 0.29) is 25.3 Å². The number of hydrogen-bond donors (Lipinski definition) is 1. The highest BCUT2D eigenvalue weighted by molar-refractivity contribution is 5.82. The third-order valence-corrected chi connectivity index (χ3v) is 4.76. The minimum Gasteiger partial charge on any atom is -0.467 e. The summed E-state index contributed by atoms with van der Waals surface area (Å²) in [6, 6.07) is 15.4. The fourth-order valence-electron chi connectivity index (χ4n) is 3.54. The van der Waals surface area contributed by atoms with Gasteiger partial charge in [-0.25, -0.2) is 9.59 Å². The zero-order valence-electron chi connectivity index (χ0n) is 16.6. The Kier molecular flexibility index (Phi) is 5.37. The first kappa shape index (κ1) is 17.6. The second-order valence-electron chi connectivity index (χ2n) is 6.89. The lowest BCUT2D eigenvalue weighted by atomic mass is 9.98. The topological polar surface area (TPSA) is 64.6 Å². The number of hydrogen-bond acceptors (Lipinski definition) is 4. The highest BCUT2D eigenvalue weighted by Crippen LogP contribution is 2.44. The molecule has 2 atom stereocenters. The molecular weight excluding hydrogens is 342 g/mol. The molecule has 2 unspecified atom stereocenters. The maximum atomic E-state index is 12.3. The first-order valence-corrected chi connectivity index (χ1v) is 9.03. The number of ether oxygens (including phenoxy) is 2. The lowest BCUT2D eigenvalue weighted by Gasteiger charge is -2.19. The normalized spacial score (nSPS) is 15.1. The summed E-state index contributed by atoms with van der Waals surface area (Å²) in [7, 11) is 1.28. The van der Waals surface area contributed by atoms with Gasteiger partial charge in [-0.3, -0.25) is 0 Å². The largest absolute Gasteiger partial charge is 0.467 e. The monoisotopic (exact) mass is 368 g/mol. The Morgan fingerprint density at radius 2 is 1.70 bits per heavy atom. The van der Waals surface area contributed by atoms with Gasteiger partial charge >= 0.3 is 12.1 Å². The lowest BCUT2D eigenvalue weighted by Crippen LogP contribution is -2.42. The number of benzene rings is 2.